The van der Waals surface area contributed by atoms with Gasteiger partial charge in [0.1, 0.15) is 11.6 Å². The number of nitrogens with one attached hydrogen (secondary N) is 1. The van der Waals surface area contributed by atoms with Gasteiger partial charge in [-0.15, -0.1) is 0 Å². The molecule has 0 spiro atoms. The molecule has 25 heavy (non-hydrogen) atoms. The average Bonchev–Trinajstić information content (AvgIpc) is 3.14. The monoisotopic (exact) mass is 361 g/mol. The van der Waals surface area contributed by atoms with Crippen LogP contribution in [0.1, 0.15) is 30.4 Å². The first-order chi connectivity index (χ1) is 12.1. The number of rotatable bonds is 6. The molecule has 1 aliphatic heterocycles. The van der Waals surface area contributed by atoms with Gasteiger partial charge in [0.05, 0.1) is 0 Å². The smallest absolute Gasteiger partial charge is 0.220 e. The van der Waals surface area contributed by atoms with Gasteiger partial charge in [-0.05, 0) is 54.7 Å². The summed E-state index contributed by atoms with van der Waals surface area (Å²) in [6.07, 6.45) is 5.27. The minimum atomic E-state index is -0.383. The molecule has 0 saturated carbocycles. The number of amides is 1. The van der Waals surface area contributed by atoms with Crippen molar-refractivity contribution in [3.05, 3.63) is 58.5 Å². The zero-order valence-corrected chi connectivity index (χ0v) is 14.7. The van der Waals surface area contributed by atoms with Gasteiger partial charge in [-0.1, -0.05) is 17.7 Å². The van der Waals surface area contributed by atoms with Crippen LogP contribution in [0, 0.1) is 5.82 Å². The van der Waals surface area contributed by atoms with Crippen LogP contribution in [0.3, 0.4) is 0 Å². The molecular weight excluding hydrogens is 341 g/mol. The predicted octanol–water partition coefficient (Wildman–Crippen LogP) is 3.72. The lowest BCUT2D eigenvalue weighted by Gasteiger charge is -2.16. The third-order valence-corrected chi connectivity index (χ3v) is 4.72. The van der Waals surface area contributed by atoms with Gasteiger partial charge in [-0.25, -0.2) is 9.37 Å². The number of halogens is 2. The number of benzene rings is 1. The zero-order chi connectivity index (χ0) is 17.6. The van der Waals surface area contributed by atoms with Gasteiger partial charge in [-0.2, -0.15) is 0 Å². The number of carbonyl (C=O) groups excluding carboxylic acids is 1. The quantitative estimate of drug-likeness (QED) is 0.852. The third-order valence-electron chi connectivity index (χ3n) is 4.37. The molecule has 1 aliphatic rings. The second-order valence-corrected chi connectivity index (χ2v) is 6.64. The average molecular weight is 362 g/mol. The molecule has 4 nitrogen and oxygen atoms in total. The topological polar surface area (TPSA) is 45.2 Å². The summed E-state index contributed by atoms with van der Waals surface area (Å²) in [7, 11) is 0. The van der Waals surface area contributed by atoms with E-state index in [-0.39, 0.29) is 11.7 Å². The minimum absolute atomic E-state index is 0.0556. The Morgan fingerprint density at radius 3 is 2.80 bits per heavy atom. The largest absolute Gasteiger partial charge is 0.357 e. The van der Waals surface area contributed by atoms with Crippen LogP contribution in [0.2, 0.25) is 5.02 Å². The summed E-state index contributed by atoms with van der Waals surface area (Å²) in [6.45, 7) is 2.40. The maximum Gasteiger partial charge on any atom is 0.220 e. The Balaban J connectivity index is 1.49. The summed E-state index contributed by atoms with van der Waals surface area (Å²) < 4.78 is 13.0. The molecule has 2 aromatic rings. The van der Waals surface area contributed by atoms with Crippen LogP contribution >= 0.6 is 11.6 Å². The summed E-state index contributed by atoms with van der Waals surface area (Å²) in [6, 6.07) is 8.19. The summed E-state index contributed by atoms with van der Waals surface area (Å²) in [5.74, 6) is 0.556. The predicted molar refractivity (Wildman–Crippen MR) is 97.3 cm³/mol. The molecule has 0 aliphatic carbocycles. The van der Waals surface area contributed by atoms with Gasteiger partial charge in [0.15, 0.2) is 0 Å². The van der Waals surface area contributed by atoms with Crippen LogP contribution in [0.4, 0.5) is 10.2 Å². The first-order valence-electron chi connectivity index (χ1n) is 8.52. The van der Waals surface area contributed by atoms with E-state index in [0.717, 1.165) is 24.5 Å². The van der Waals surface area contributed by atoms with Crippen LogP contribution in [-0.4, -0.2) is 24.0 Å². The summed E-state index contributed by atoms with van der Waals surface area (Å²) in [5, 5.41) is 3.15. The highest BCUT2D eigenvalue weighted by Gasteiger charge is 2.14. The fraction of sp³-hybridized carbons (Fsp3) is 0.368. The van der Waals surface area contributed by atoms with E-state index in [1.165, 1.54) is 25.0 Å². The van der Waals surface area contributed by atoms with Crippen molar-refractivity contribution in [1.29, 1.82) is 0 Å². The number of hydrogen-bond acceptors (Lipinski definition) is 3. The number of aromatic nitrogens is 1. The van der Waals surface area contributed by atoms with Gasteiger partial charge < -0.3 is 10.2 Å². The lowest BCUT2D eigenvalue weighted by molar-refractivity contribution is -0.121. The molecule has 0 unspecified atom stereocenters. The van der Waals surface area contributed by atoms with E-state index >= 15 is 0 Å². The maximum atomic E-state index is 13.0. The Kier molecular flexibility index (Phi) is 5.87. The fourth-order valence-corrected chi connectivity index (χ4v) is 3.17. The SMILES string of the molecule is O=C(CCc1ccnc(N2CCCC2)c1)NCc1ccc(F)cc1Cl. The molecule has 6 heteroatoms. The summed E-state index contributed by atoms with van der Waals surface area (Å²) in [4.78, 5) is 18.8. The van der Waals surface area contributed by atoms with E-state index in [1.54, 1.807) is 12.3 Å². The molecular formula is C19H21ClFN3O. The van der Waals surface area contributed by atoms with Crippen molar-refractivity contribution in [1.82, 2.24) is 10.3 Å². The molecule has 1 aromatic heterocycles. The lowest BCUT2D eigenvalue weighted by Crippen LogP contribution is -2.23. The molecule has 1 amide bonds. The van der Waals surface area contributed by atoms with Gasteiger partial charge in [-0.3, -0.25) is 4.79 Å². The third kappa shape index (κ3) is 4.92. The van der Waals surface area contributed by atoms with Crippen LogP contribution in [0.15, 0.2) is 36.5 Å². The molecule has 0 radical (unpaired) electrons. The van der Waals surface area contributed by atoms with E-state index in [1.807, 2.05) is 6.07 Å². The fourth-order valence-electron chi connectivity index (χ4n) is 2.94. The molecule has 132 valence electrons. The number of anilines is 1. The second-order valence-electron chi connectivity index (χ2n) is 6.23. The van der Waals surface area contributed by atoms with Crippen molar-refractivity contribution in [3.63, 3.8) is 0 Å². The number of aryl methyl sites for hydroxylation is 1. The van der Waals surface area contributed by atoms with Gasteiger partial charge in [0.2, 0.25) is 5.91 Å². The van der Waals surface area contributed by atoms with Gasteiger partial charge in [0, 0.05) is 37.3 Å². The molecule has 1 saturated heterocycles. The highest BCUT2D eigenvalue weighted by Crippen LogP contribution is 2.19. The second kappa shape index (κ2) is 8.30. The Morgan fingerprint density at radius 2 is 2.04 bits per heavy atom. The first-order valence-corrected chi connectivity index (χ1v) is 8.90. The highest BCUT2D eigenvalue weighted by atomic mass is 35.5. The first kappa shape index (κ1) is 17.7. The van der Waals surface area contributed by atoms with Crippen LogP contribution in [-0.2, 0) is 17.8 Å². The van der Waals surface area contributed by atoms with Crippen molar-refractivity contribution in [2.75, 3.05) is 18.0 Å². The van der Waals surface area contributed by atoms with Crippen LogP contribution in [0.5, 0.6) is 0 Å². The molecule has 1 fully saturated rings. The molecule has 0 bridgehead atoms. The van der Waals surface area contributed by atoms with E-state index in [2.05, 4.69) is 21.3 Å². The molecule has 3 rings (SSSR count). The number of pyridine rings is 1. The highest BCUT2D eigenvalue weighted by molar-refractivity contribution is 6.31. The Labute approximate surface area is 152 Å². The molecule has 0 atom stereocenters. The number of hydrogen-bond donors (Lipinski definition) is 1. The van der Waals surface area contributed by atoms with Crippen molar-refractivity contribution in [3.8, 4) is 0 Å². The van der Waals surface area contributed by atoms with Gasteiger partial charge in [0.25, 0.3) is 0 Å². The standard InChI is InChI=1S/C19H21ClFN3O/c20-17-12-16(21)5-4-15(17)13-23-19(25)6-3-14-7-8-22-18(11-14)24-9-1-2-10-24/h4-5,7-8,11-12H,1-3,6,9-10,13H2,(H,23,25). The Morgan fingerprint density at radius 1 is 1.24 bits per heavy atom. The van der Waals surface area contributed by atoms with E-state index in [9.17, 15) is 9.18 Å². The van der Waals surface area contributed by atoms with Crippen molar-refractivity contribution < 1.29 is 9.18 Å². The van der Waals surface area contributed by atoms with Crippen molar-refractivity contribution in [2.24, 2.45) is 0 Å². The normalized spacial score (nSPS) is 13.9. The number of carbonyl (C=O) groups is 1. The Bertz CT molecular complexity index is 747. The van der Waals surface area contributed by atoms with Crippen LogP contribution < -0.4 is 10.2 Å². The lowest BCUT2D eigenvalue weighted by atomic mass is 10.1. The Hall–Kier alpha value is -2.14. The van der Waals surface area contributed by atoms with Crippen molar-refractivity contribution >= 4 is 23.3 Å². The number of nitrogens with zero attached hydrogens (tertiary/aromatic N) is 2. The van der Waals surface area contributed by atoms with E-state index in [4.69, 9.17) is 11.6 Å². The van der Waals surface area contributed by atoms with Gasteiger partial charge >= 0.3 is 0 Å². The van der Waals surface area contributed by atoms with Crippen molar-refractivity contribution in [2.45, 2.75) is 32.2 Å². The summed E-state index contributed by atoms with van der Waals surface area (Å²) >= 11 is 5.96. The molecule has 1 aromatic carbocycles. The maximum absolute atomic E-state index is 13.0. The van der Waals surface area contributed by atoms with Crippen LogP contribution in [0.25, 0.3) is 0 Å². The summed E-state index contributed by atoms with van der Waals surface area (Å²) in [5.41, 5.74) is 1.81. The molecule has 1 N–H and O–H groups in total. The zero-order valence-electron chi connectivity index (χ0n) is 14.0. The molecule has 2 heterocycles. The minimum Gasteiger partial charge on any atom is -0.357 e. The van der Waals surface area contributed by atoms with E-state index in [0.29, 0.717) is 30.0 Å². The van der Waals surface area contributed by atoms with E-state index < -0.39 is 0 Å².